The van der Waals surface area contributed by atoms with Crippen molar-refractivity contribution in [2.45, 2.75) is 24.5 Å². The van der Waals surface area contributed by atoms with Crippen LogP contribution in [0.5, 0.6) is 0 Å². The number of amides is 1. The van der Waals surface area contributed by atoms with Crippen molar-refractivity contribution < 1.29 is 13.2 Å². The molecule has 6 heteroatoms. The van der Waals surface area contributed by atoms with Crippen molar-refractivity contribution in [3.63, 3.8) is 0 Å². The molecule has 5 nitrogen and oxygen atoms in total. The summed E-state index contributed by atoms with van der Waals surface area (Å²) in [5, 5.41) is 2.66. The molecule has 0 saturated carbocycles. The van der Waals surface area contributed by atoms with Gasteiger partial charge >= 0.3 is 0 Å². The first-order valence-electron chi connectivity index (χ1n) is 5.80. The van der Waals surface area contributed by atoms with E-state index in [0.29, 0.717) is 13.0 Å². The molecular weight excluding hydrogens is 228 g/mol. The summed E-state index contributed by atoms with van der Waals surface area (Å²) >= 11 is 0. The highest BCUT2D eigenvalue weighted by Crippen LogP contribution is 2.14. The van der Waals surface area contributed by atoms with Crippen molar-refractivity contribution in [2.24, 2.45) is 0 Å². The second kappa shape index (κ2) is 4.71. The molecule has 1 unspecified atom stereocenters. The standard InChI is InChI=1S/C10H18N2O3S/c13-10(12-5-1-2-6-12)8-16(14,15)9-3-4-11-7-9/h9,11H,1-8H2. The molecule has 2 rings (SSSR count). The maximum Gasteiger partial charge on any atom is 0.237 e. The highest BCUT2D eigenvalue weighted by molar-refractivity contribution is 7.92. The lowest BCUT2D eigenvalue weighted by molar-refractivity contribution is -0.127. The van der Waals surface area contributed by atoms with E-state index >= 15 is 0 Å². The predicted octanol–water partition coefficient (Wildman–Crippen LogP) is -0.614. The van der Waals surface area contributed by atoms with Crippen LogP contribution in [0.2, 0.25) is 0 Å². The molecule has 2 aliphatic heterocycles. The summed E-state index contributed by atoms with van der Waals surface area (Å²) in [5.41, 5.74) is 0. The average molecular weight is 246 g/mol. The van der Waals surface area contributed by atoms with Gasteiger partial charge in [0.05, 0.1) is 5.25 Å². The number of carbonyl (C=O) groups excluding carboxylic acids is 1. The molecule has 0 aromatic rings. The first-order valence-corrected chi connectivity index (χ1v) is 7.51. The van der Waals surface area contributed by atoms with Crippen LogP contribution in [0.4, 0.5) is 0 Å². The van der Waals surface area contributed by atoms with E-state index in [0.717, 1.165) is 32.5 Å². The van der Waals surface area contributed by atoms with Gasteiger partial charge in [0.2, 0.25) is 5.91 Å². The summed E-state index contributed by atoms with van der Waals surface area (Å²) in [4.78, 5) is 13.4. The number of nitrogens with zero attached hydrogens (tertiary/aromatic N) is 1. The Morgan fingerprint density at radius 2 is 2.00 bits per heavy atom. The van der Waals surface area contributed by atoms with E-state index in [1.54, 1.807) is 4.90 Å². The molecule has 92 valence electrons. The van der Waals surface area contributed by atoms with Gasteiger partial charge < -0.3 is 10.2 Å². The van der Waals surface area contributed by atoms with Crippen molar-refractivity contribution >= 4 is 15.7 Å². The van der Waals surface area contributed by atoms with Crippen LogP contribution in [0, 0.1) is 0 Å². The summed E-state index contributed by atoms with van der Waals surface area (Å²) in [6, 6.07) is 0. The molecule has 1 N–H and O–H groups in total. The van der Waals surface area contributed by atoms with Gasteiger partial charge in [0.15, 0.2) is 9.84 Å². The lowest BCUT2D eigenvalue weighted by atomic mass is 10.4. The first kappa shape index (κ1) is 11.9. The van der Waals surface area contributed by atoms with Crippen molar-refractivity contribution in [1.29, 1.82) is 0 Å². The fourth-order valence-corrected chi connectivity index (χ4v) is 3.89. The third-order valence-electron chi connectivity index (χ3n) is 3.31. The molecule has 0 aromatic carbocycles. The van der Waals surface area contributed by atoms with Crippen LogP contribution >= 0.6 is 0 Å². The molecule has 0 spiro atoms. The quantitative estimate of drug-likeness (QED) is 0.721. The third kappa shape index (κ3) is 2.55. The highest BCUT2D eigenvalue weighted by atomic mass is 32.2. The lowest BCUT2D eigenvalue weighted by Gasteiger charge is -2.16. The lowest BCUT2D eigenvalue weighted by Crippen LogP contribution is -2.37. The second-order valence-electron chi connectivity index (χ2n) is 4.51. The first-order chi connectivity index (χ1) is 7.59. The largest absolute Gasteiger partial charge is 0.342 e. The molecule has 0 aliphatic carbocycles. The summed E-state index contributed by atoms with van der Waals surface area (Å²) in [6.07, 6.45) is 2.63. The number of carbonyl (C=O) groups is 1. The molecule has 1 amide bonds. The van der Waals surface area contributed by atoms with Gasteiger partial charge in [-0.15, -0.1) is 0 Å². The minimum Gasteiger partial charge on any atom is -0.342 e. The number of hydrogen-bond acceptors (Lipinski definition) is 4. The van der Waals surface area contributed by atoms with Crippen LogP contribution in [0.25, 0.3) is 0 Å². The van der Waals surface area contributed by atoms with Crippen LogP contribution in [-0.4, -0.2) is 56.4 Å². The van der Waals surface area contributed by atoms with Gasteiger partial charge in [-0.25, -0.2) is 8.42 Å². The normalized spacial score (nSPS) is 26.2. The Bertz CT molecular complexity index is 354. The number of hydrogen-bond donors (Lipinski definition) is 1. The molecule has 2 fully saturated rings. The molecule has 2 heterocycles. The second-order valence-corrected chi connectivity index (χ2v) is 6.79. The zero-order chi connectivity index (χ0) is 11.6. The minimum atomic E-state index is -3.25. The zero-order valence-corrected chi connectivity index (χ0v) is 10.1. The maximum absolute atomic E-state index is 11.9. The average Bonchev–Trinajstić information content (AvgIpc) is 2.91. The zero-order valence-electron chi connectivity index (χ0n) is 9.31. The Hall–Kier alpha value is -0.620. The molecule has 1 atom stereocenters. The Labute approximate surface area is 96.1 Å². The van der Waals surface area contributed by atoms with Gasteiger partial charge in [0, 0.05) is 19.6 Å². The number of rotatable bonds is 3. The summed E-state index contributed by atoms with van der Waals surface area (Å²) in [5.74, 6) is -0.524. The SMILES string of the molecule is O=C(CS(=O)(=O)C1CCNC1)N1CCCC1. The monoisotopic (exact) mass is 246 g/mol. The van der Waals surface area contributed by atoms with Crippen LogP contribution in [-0.2, 0) is 14.6 Å². The Balaban J connectivity index is 1.94. The van der Waals surface area contributed by atoms with E-state index < -0.39 is 9.84 Å². The number of sulfone groups is 1. The van der Waals surface area contributed by atoms with E-state index in [9.17, 15) is 13.2 Å². The van der Waals surface area contributed by atoms with Crippen molar-refractivity contribution in [2.75, 3.05) is 31.9 Å². The van der Waals surface area contributed by atoms with Gasteiger partial charge in [0.1, 0.15) is 5.75 Å². The van der Waals surface area contributed by atoms with Gasteiger partial charge in [-0.3, -0.25) is 4.79 Å². The van der Waals surface area contributed by atoms with Crippen molar-refractivity contribution in [3.8, 4) is 0 Å². The van der Waals surface area contributed by atoms with Crippen molar-refractivity contribution in [3.05, 3.63) is 0 Å². The van der Waals surface area contributed by atoms with Gasteiger partial charge in [-0.2, -0.15) is 0 Å². The third-order valence-corrected chi connectivity index (χ3v) is 5.37. The molecule has 0 aromatic heterocycles. The van der Waals surface area contributed by atoms with Crippen molar-refractivity contribution in [1.82, 2.24) is 10.2 Å². The fraction of sp³-hybridized carbons (Fsp3) is 0.900. The summed E-state index contributed by atoms with van der Waals surface area (Å²) in [7, 11) is -3.25. The molecule has 2 saturated heterocycles. The van der Waals surface area contributed by atoms with Crippen LogP contribution in [0.1, 0.15) is 19.3 Å². The molecular formula is C10H18N2O3S. The van der Waals surface area contributed by atoms with Crippen LogP contribution < -0.4 is 5.32 Å². The highest BCUT2D eigenvalue weighted by Gasteiger charge is 2.32. The Morgan fingerprint density at radius 3 is 2.56 bits per heavy atom. The molecule has 16 heavy (non-hydrogen) atoms. The summed E-state index contributed by atoms with van der Waals surface area (Å²) in [6.45, 7) is 2.67. The van der Waals surface area contributed by atoms with Crippen LogP contribution in [0.3, 0.4) is 0 Å². The topological polar surface area (TPSA) is 66.5 Å². The summed E-state index contributed by atoms with van der Waals surface area (Å²) < 4.78 is 23.8. The van der Waals surface area contributed by atoms with E-state index in [1.165, 1.54) is 0 Å². The van der Waals surface area contributed by atoms with E-state index in [-0.39, 0.29) is 16.9 Å². The smallest absolute Gasteiger partial charge is 0.237 e. The van der Waals surface area contributed by atoms with E-state index in [1.807, 2.05) is 0 Å². The molecule has 2 aliphatic rings. The number of nitrogens with one attached hydrogen (secondary N) is 1. The van der Waals surface area contributed by atoms with Gasteiger partial charge in [-0.05, 0) is 25.8 Å². The minimum absolute atomic E-state index is 0.218. The van der Waals surface area contributed by atoms with Crippen LogP contribution in [0.15, 0.2) is 0 Å². The molecule has 0 bridgehead atoms. The molecule has 0 radical (unpaired) electrons. The maximum atomic E-state index is 11.9. The predicted molar refractivity (Wildman–Crippen MR) is 60.9 cm³/mol. The number of likely N-dealkylation sites (tertiary alicyclic amines) is 1. The fourth-order valence-electron chi connectivity index (χ4n) is 2.28. The Morgan fingerprint density at radius 1 is 1.31 bits per heavy atom. The van der Waals surface area contributed by atoms with Gasteiger partial charge in [0.25, 0.3) is 0 Å². The Kier molecular flexibility index (Phi) is 3.49. The van der Waals surface area contributed by atoms with Gasteiger partial charge in [-0.1, -0.05) is 0 Å². The van der Waals surface area contributed by atoms with E-state index in [4.69, 9.17) is 0 Å². The van der Waals surface area contributed by atoms with E-state index in [2.05, 4.69) is 5.32 Å².